The fraction of sp³-hybridized carbons (Fsp3) is 0.824. The van der Waals surface area contributed by atoms with Gasteiger partial charge in [-0.3, -0.25) is 4.68 Å². The van der Waals surface area contributed by atoms with Gasteiger partial charge in [0.15, 0.2) is 0 Å². The molecule has 3 nitrogen and oxygen atoms in total. The third kappa shape index (κ3) is 3.25. The topological polar surface area (TPSA) is 29.9 Å². The van der Waals surface area contributed by atoms with Crippen LogP contribution in [0.15, 0.2) is 6.20 Å². The lowest BCUT2D eigenvalue weighted by molar-refractivity contribution is 0.176. The zero-order valence-corrected chi connectivity index (χ0v) is 13.7. The highest BCUT2D eigenvalue weighted by Gasteiger charge is 2.33. The monoisotopic (exact) mass is 277 g/mol. The van der Waals surface area contributed by atoms with Gasteiger partial charge in [-0.1, -0.05) is 46.5 Å². The van der Waals surface area contributed by atoms with E-state index in [-0.39, 0.29) is 0 Å². The van der Waals surface area contributed by atoms with Gasteiger partial charge in [-0.15, -0.1) is 0 Å². The maximum Gasteiger partial charge on any atom is 0.0669 e. The highest BCUT2D eigenvalue weighted by molar-refractivity contribution is 5.23. The van der Waals surface area contributed by atoms with Gasteiger partial charge in [-0.2, -0.15) is 5.10 Å². The molecule has 0 saturated heterocycles. The molecule has 0 aliphatic heterocycles. The van der Waals surface area contributed by atoms with Crippen LogP contribution in [0, 0.1) is 11.8 Å². The van der Waals surface area contributed by atoms with Crippen molar-refractivity contribution in [1.82, 2.24) is 15.1 Å². The summed E-state index contributed by atoms with van der Waals surface area (Å²) in [6.45, 7) is 7.83. The minimum absolute atomic E-state index is 0.494. The normalized spacial score (nSPS) is 24.8. The van der Waals surface area contributed by atoms with Crippen LogP contribution in [0.2, 0.25) is 0 Å². The minimum atomic E-state index is 0.494. The van der Waals surface area contributed by atoms with E-state index in [1.807, 2.05) is 11.7 Å². The van der Waals surface area contributed by atoms with Crippen molar-refractivity contribution < 1.29 is 0 Å². The average molecular weight is 277 g/mol. The number of hydrogen-bond donors (Lipinski definition) is 1. The van der Waals surface area contributed by atoms with Crippen molar-refractivity contribution in [3.05, 3.63) is 17.5 Å². The van der Waals surface area contributed by atoms with Gasteiger partial charge in [0.2, 0.25) is 0 Å². The molecule has 1 N–H and O–H groups in total. The maximum atomic E-state index is 4.65. The Morgan fingerprint density at radius 2 is 2.05 bits per heavy atom. The smallest absolute Gasteiger partial charge is 0.0669 e. The summed E-state index contributed by atoms with van der Waals surface area (Å²) in [5, 5.41) is 8.42. The van der Waals surface area contributed by atoms with Crippen molar-refractivity contribution >= 4 is 0 Å². The first-order chi connectivity index (χ1) is 9.71. The Morgan fingerprint density at radius 1 is 1.30 bits per heavy atom. The van der Waals surface area contributed by atoms with Crippen LogP contribution in [0.3, 0.4) is 0 Å². The van der Waals surface area contributed by atoms with Crippen molar-refractivity contribution in [2.75, 3.05) is 6.54 Å². The van der Waals surface area contributed by atoms with Gasteiger partial charge in [0.25, 0.3) is 0 Å². The third-order valence-corrected chi connectivity index (χ3v) is 4.95. The van der Waals surface area contributed by atoms with Crippen LogP contribution >= 0.6 is 0 Å². The molecule has 3 unspecified atom stereocenters. The minimum Gasteiger partial charge on any atom is -0.310 e. The van der Waals surface area contributed by atoms with Crippen LogP contribution in [0.5, 0.6) is 0 Å². The lowest BCUT2D eigenvalue weighted by atomic mass is 9.72. The predicted molar refractivity (Wildman–Crippen MR) is 84.7 cm³/mol. The second kappa shape index (κ2) is 7.26. The van der Waals surface area contributed by atoms with E-state index in [1.54, 1.807) is 0 Å². The van der Waals surface area contributed by atoms with E-state index >= 15 is 0 Å². The van der Waals surface area contributed by atoms with Crippen molar-refractivity contribution in [2.45, 2.75) is 65.3 Å². The SMILES string of the molecule is CCNC(c1cn(C)nc1CC)C1CCCCC1CC. The predicted octanol–water partition coefficient (Wildman–Crippen LogP) is 3.85. The molecule has 1 aromatic rings. The Kier molecular flexibility index (Phi) is 5.64. The molecule has 1 aliphatic carbocycles. The number of aromatic nitrogens is 2. The van der Waals surface area contributed by atoms with Crippen LogP contribution in [0.1, 0.15) is 70.2 Å². The van der Waals surface area contributed by atoms with Crippen LogP contribution < -0.4 is 5.32 Å². The average Bonchev–Trinajstić information content (AvgIpc) is 2.85. The highest BCUT2D eigenvalue weighted by atomic mass is 15.3. The fourth-order valence-electron chi connectivity index (χ4n) is 3.98. The van der Waals surface area contributed by atoms with Crippen LogP contribution in [0.4, 0.5) is 0 Å². The molecular weight excluding hydrogens is 246 g/mol. The number of aryl methyl sites for hydroxylation is 2. The van der Waals surface area contributed by atoms with Gasteiger partial charge in [-0.05, 0) is 31.2 Å². The molecule has 1 fully saturated rings. The fourth-order valence-corrected chi connectivity index (χ4v) is 3.98. The van der Waals surface area contributed by atoms with E-state index in [9.17, 15) is 0 Å². The van der Waals surface area contributed by atoms with Crippen LogP contribution in [-0.2, 0) is 13.5 Å². The van der Waals surface area contributed by atoms with E-state index in [2.05, 4.69) is 37.4 Å². The molecule has 114 valence electrons. The molecule has 3 heteroatoms. The molecule has 1 heterocycles. The Bertz CT molecular complexity index is 410. The van der Waals surface area contributed by atoms with Gasteiger partial charge in [0.05, 0.1) is 5.69 Å². The van der Waals surface area contributed by atoms with Crippen LogP contribution in [0.25, 0.3) is 0 Å². The summed E-state index contributed by atoms with van der Waals surface area (Å²) in [6, 6.07) is 0.494. The lowest BCUT2D eigenvalue weighted by Gasteiger charge is -2.37. The summed E-state index contributed by atoms with van der Waals surface area (Å²) < 4.78 is 1.99. The summed E-state index contributed by atoms with van der Waals surface area (Å²) in [7, 11) is 2.05. The van der Waals surface area contributed by atoms with Gasteiger partial charge in [0.1, 0.15) is 0 Å². The summed E-state index contributed by atoms with van der Waals surface area (Å²) in [6.07, 6.45) is 10.2. The summed E-state index contributed by atoms with van der Waals surface area (Å²) in [5.41, 5.74) is 2.72. The van der Waals surface area contributed by atoms with Gasteiger partial charge in [0, 0.05) is 24.8 Å². The Hall–Kier alpha value is -0.830. The zero-order chi connectivity index (χ0) is 14.5. The number of nitrogens with one attached hydrogen (secondary N) is 1. The van der Waals surface area contributed by atoms with Crippen molar-refractivity contribution in [3.8, 4) is 0 Å². The molecule has 0 spiro atoms. The van der Waals surface area contributed by atoms with Gasteiger partial charge < -0.3 is 5.32 Å². The Labute approximate surface area is 124 Å². The summed E-state index contributed by atoms with van der Waals surface area (Å²) in [4.78, 5) is 0. The third-order valence-electron chi connectivity index (χ3n) is 4.95. The second-order valence-electron chi connectivity index (χ2n) is 6.21. The Balaban J connectivity index is 2.28. The molecule has 0 bridgehead atoms. The standard InChI is InChI=1S/C17H31N3/c1-5-13-10-8-9-11-14(13)17(18-7-3)15-12-20(4)19-16(15)6-2/h12-14,17-18H,5-11H2,1-4H3. The molecule has 0 amide bonds. The van der Waals surface area contributed by atoms with Crippen molar-refractivity contribution in [1.29, 1.82) is 0 Å². The molecule has 1 aliphatic rings. The molecule has 3 atom stereocenters. The number of nitrogens with zero attached hydrogens (tertiary/aromatic N) is 2. The summed E-state index contributed by atoms with van der Waals surface area (Å²) >= 11 is 0. The molecule has 0 aromatic carbocycles. The molecule has 1 aromatic heterocycles. The molecule has 2 rings (SSSR count). The largest absolute Gasteiger partial charge is 0.310 e. The number of rotatable bonds is 6. The Morgan fingerprint density at radius 3 is 2.70 bits per heavy atom. The molecular formula is C17H31N3. The van der Waals surface area contributed by atoms with E-state index in [0.29, 0.717) is 6.04 Å². The lowest BCUT2D eigenvalue weighted by Crippen LogP contribution is -2.34. The van der Waals surface area contributed by atoms with Crippen molar-refractivity contribution in [2.24, 2.45) is 18.9 Å². The first-order valence-corrected chi connectivity index (χ1v) is 8.46. The second-order valence-corrected chi connectivity index (χ2v) is 6.21. The first-order valence-electron chi connectivity index (χ1n) is 8.46. The maximum absolute atomic E-state index is 4.65. The zero-order valence-electron chi connectivity index (χ0n) is 13.7. The van der Waals surface area contributed by atoms with Crippen molar-refractivity contribution in [3.63, 3.8) is 0 Å². The van der Waals surface area contributed by atoms with Gasteiger partial charge in [-0.25, -0.2) is 0 Å². The van der Waals surface area contributed by atoms with Crippen LogP contribution in [-0.4, -0.2) is 16.3 Å². The molecule has 20 heavy (non-hydrogen) atoms. The van der Waals surface area contributed by atoms with Gasteiger partial charge >= 0.3 is 0 Å². The first kappa shape index (κ1) is 15.6. The van der Waals surface area contributed by atoms with E-state index < -0.39 is 0 Å². The van der Waals surface area contributed by atoms with E-state index in [4.69, 9.17) is 0 Å². The summed E-state index contributed by atoms with van der Waals surface area (Å²) in [5.74, 6) is 1.65. The van der Waals surface area contributed by atoms with E-state index in [0.717, 1.165) is 24.8 Å². The molecule has 0 radical (unpaired) electrons. The highest BCUT2D eigenvalue weighted by Crippen LogP contribution is 2.41. The quantitative estimate of drug-likeness (QED) is 0.856. The molecule has 1 saturated carbocycles. The number of hydrogen-bond acceptors (Lipinski definition) is 2. The van der Waals surface area contributed by atoms with E-state index in [1.165, 1.54) is 43.4 Å².